The predicted molar refractivity (Wildman–Crippen MR) is 97.7 cm³/mol. The van der Waals surface area contributed by atoms with Crippen molar-refractivity contribution in [2.24, 2.45) is 0 Å². The number of likely N-dealkylation sites (tertiary alicyclic amines) is 1. The second-order valence-electron chi connectivity index (χ2n) is 7.61. The number of amides is 2. The summed E-state index contributed by atoms with van der Waals surface area (Å²) in [4.78, 5) is 38.8. The molecule has 0 spiro atoms. The highest BCUT2D eigenvalue weighted by Gasteiger charge is 2.42. The second-order valence-corrected chi connectivity index (χ2v) is 7.61. The van der Waals surface area contributed by atoms with Gasteiger partial charge in [0.25, 0.3) is 0 Å². The Labute approximate surface area is 156 Å². The van der Waals surface area contributed by atoms with Crippen LogP contribution in [-0.4, -0.2) is 66.8 Å². The molecule has 1 aliphatic heterocycles. The number of esters is 1. The molecule has 2 N–H and O–H groups in total. The maximum absolute atomic E-state index is 13.1. The summed E-state index contributed by atoms with van der Waals surface area (Å²) in [6.45, 7) is 10.2. The Morgan fingerprint density at radius 3 is 2.42 bits per heavy atom. The molecule has 8 nitrogen and oxygen atoms in total. The van der Waals surface area contributed by atoms with Crippen molar-refractivity contribution in [3.63, 3.8) is 0 Å². The number of nitrogens with zero attached hydrogens (tertiary/aromatic N) is 1. The molecule has 0 aromatic heterocycles. The number of carbonyl (C=O) groups excluding carboxylic acids is 3. The average Bonchev–Trinajstić information content (AvgIpc) is 2.92. The number of alkyl carbamates (subject to hydrolysis) is 1. The SMILES string of the molecule is CCCNC[C@H](NC(=O)OC(C)(C)C)C(=O)N1C(C)CC[C@H]1C(=O)OC. The molecular formula is C18H33N3O5. The largest absolute Gasteiger partial charge is 0.467 e. The lowest BCUT2D eigenvalue weighted by Gasteiger charge is -2.31. The van der Waals surface area contributed by atoms with Crippen molar-refractivity contribution >= 4 is 18.0 Å². The van der Waals surface area contributed by atoms with Crippen LogP contribution >= 0.6 is 0 Å². The standard InChI is InChI=1S/C18H33N3O5/c1-7-10-19-11-13(20-17(24)26-18(3,4)5)15(22)21-12(2)8-9-14(21)16(23)25-6/h12-14,19H,7-11H2,1-6H3,(H,20,24)/t12?,13-,14-/m0/s1. The first-order valence-electron chi connectivity index (χ1n) is 9.21. The van der Waals surface area contributed by atoms with Crippen LogP contribution in [0.2, 0.25) is 0 Å². The molecule has 1 fully saturated rings. The van der Waals surface area contributed by atoms with Gasteiger partial charge in [0, 0.05) is 12.6 Å². The third-order valence-electron chi connectivity index (χ3n) is 4.16. The molecule has 0 saturated carbocycles. The lowest BCUT2D eigenvalue weighted by Crippen LogP contribution is -2.57. The van der Waals surface area contributed by atoms with Crippen LogP contribution < -0.4 is 10.6 Å². The van der Waals surface area contributed by atoms with Crippen LogP contribution in [0, 0.1) is 0 Å². The van der Waals surface area contributed by atoms with Gasteiger partial charge >= 0.3 is 12.1 Å². The number of methoxy groups -OCH3 is 1. The van der Waals surface area contributed by atoms with E-state index in [1.807, 2.05) is 13.8 Å². The fourth-order valence-corrected chi connectivity index (χ4v) is 2.98. The number of nitrogens with one attached hydrogen (secondary N) is 2. The monoisotopic (exact) mass is 371 g/mol. The van der Waals surface area contributed by atoms with Gasteiger partial charge in [-0.2, -0.15) is 0 Å². The van der Waals surface area contributed by atoms with Crippen molar-refractivity contribution in [3.05, 3.63) is 0 Å². The lowest BCUT2D eigenvalue weighted by atomic mass is 10.2. The first-order chi connectivity index (χ1) is 12.1. The van der Waals surface area contributed by atoms with Gasteiger partial charge in [-0.1, -0.05) is 6.92 Å². The molecule has 150 valence electrons. The summed E-state index contributed by atoms with van der Waals surface area (Å²) >= 11 is 0. The molecular weight excluding hydrogens is 338 g/mol. The Hall–Kier alpha value is -1.83. The summed E-state index contributed by atoms with van der Waals surface area (Å²) in [7, 11) is 1.31. The van der Waals surface area contributed by atoms with Gasteiger partial charge in [-0.3, -0.25) is 4.79 Å². The van der Waals surface area contributed by atoms with Crippen molar-refractivity contribution in [2.75, 3.05) is 20.2 Å². The van der Waals surface area contributed by atoms with E-state index in [2.05, 4.69) is 10.6 Å². The molecule has 3 atom stereocenters. The van der Waals surface area contributed by atoms with Crippen molar-refractivity contribution in [3.8, 4) is 0 Å². The molecule has 1 saturated heterocycles. The Bertz CT molecular complexity index is 504. The Balaban J connectivity index is 2.91. The van der Waals surface area contributed by atoms with Crippen molar-refractivity contribution in [1.29, 1.82) is 0 Å². The summed E-state index contributed by atoms with van der Waals surface area (Å²) in [6, 6.07) is -1.53. The zero-order valence-electron chi connectivity index (χ0n) is 16.8. The Morgan fingerprint density at radius 2 is 1.88 bits per heavy atom. The van der Waals surface area contributed by atoms with Crippen molar-refractivity contribution in [1.82, 2.24) is 15.5 Å². The molecule has 0 radical (unpaired) electrons. The summed E-state index contributed by atoms with van der Waals surface area (Å²) in [5.41, 5.74) is -0.663. The number of hydrogen-bond donors (Lipinski definition) is 2. The van der Waals surface area contributed by atoms with Gasteiger partial charge in [0.1, 0.15) is 17.7 Å². The minimum Gasteiger partial charge on any atom is -0.467 e. The molecule has 0 aromatic carbocycles. The van der Waals surface area contributed by atoms with Crippen LogP contribution in [-0.2, 0) is 19.1 Å². The number of ether oxygens (including phenoxy) is 2. The van der Waals surface area contributed by atoms with Gasteiger partial charge < -0.3 is 25.0 Å². The van der Waals surface area contributed by atoms with E-state index < -0.39 is 29.7 Å². The highest BCUT2D eigenvalue weighted by molar-refractivity contribution is 5.90. The van der Waals surface area contributed by atoms with Crippen LogP contribution in [0.4, 0.5) is 4.79 Å². The Morgan fingerprint density at radius 1 is 1.23 bits per heavy atom. The molecule has 2 amide bonds. The van der Waals surface area contributed by atoms with E-state index in [1.165, 1.54) is 12.0 Å². The van der Waals surface area contributed by atoms with Gasteiger partial charge in [0.15, 0.2) is 0 Å². The summed E-state index contributed by atoms with van der Waals surface area (Å²) in [5, 5.41) is 5.79. The maximum atomic E-state index is 13.1. The zero-order valence-corrected chi connectivity index (χ0v) is 16.8. The summed E-state index contributed by atoms with van der Waals surface area (Å²) in [5.74, 6) is -0.736. The van der Waals surface area contributed by atoms with E-state index >= 15 is 0 Å². The molecule has 1 aliphatic rings. The molecule has 1 heterocycles. The van der Waals surface area contributed by atoms with E-state index in [0.717, 1.165) is 13.0 Å². The van der Waals surface area contributed by atoms with Crippen LogP contribution in [0.1, 0.15) is 53.9 Å². The molecule has 0 aliphatic carbocycles. The van der Waals surface area contributed by atoms with Crippen LogP contribution in [0.25, 0.3) is 0 Å². The van der Waals surface area contributed by atoms with Gasteiger partial charge in [-0.25, -0.2) is 9.59 Å². The number of carbonyl (C=O) groups is 3. The van der Waals surface area contributed by atoms with E-state index in [4.69, 9.17) is 9.47 Å². The number of hydrogen-bond acceptors (Lipinski definition) is 6. The molecule has 26 heavy (non-hydrogen) atoms. The highest BCUT2D eigenvalue weighted by Crippen LogP contribution is 2.25. The van der Waals surface area contributed by atoms with Crippen molar-refractivity contribution in [2.45, 2.75) is 77.6 Å². The minimum atomic E-state index is -0.816. The molecule has 8 heteroatoms. The van der Waals surface area contributed by atoms with Gasteiger partial charge in [-0.15, -0.1) is 0 Å². The molecule has 1 unspecified atom stereocenters. The van der Waals surface area contributed by atoms with E-state index in [9.17, 15) is 14.4 Å². The first-order valence-corrected chi connectivity index (χ1v) is 9.21. The molecule has 1 rings (SSSR count). The third kappa shape index (κ3) is 6.48. The third-order valence-corrected chi connectivity index (χ3v) is 4.16. The quantitative estimate of drug-likeness (QED) is 0.519. The van der Waals surface area contributed by atoms with E-state index in [-0.39, 0.29) is 18.5 Å². The number of rotatable bonds is 7. The zero-order chi connectivity index (χ0) is 19.9. The predicted octanol–water partition coefficient (Wildman–Crippen LogP) is 1.43. The van der Waals surface area contributed by atoms with Gasteiger partial charge in [0.2, 0.25) is 5.91 Å². The normalized spacial score (nSPS) is 21.2. The minimum absolute atomic E-state index is 0.0966. The fourth-order valence-electron chi connectivity index (χ4n) is 2.98. The summed E-state index contributed by atoms with van der Waals surface area (Å²) < 4.78 is 10.1. The second kappa shape index (κ2) is 9.75. The molecule has 0 bridgehead atoms. The van der Waals surface area contributed by atoms with Gasteiger partial charge in [0.05, 0.1) is 7.11 Å². The van der Waals surface area contributed by atoms with E-state index in [1.54, 1.807) is 20.8 Å². The lowest BCUT2D eigenvalue weighted by molar-refractivity contribution is -0.152. The molecule has 0 aromatic rings. The van der Waals surface area contributed by atoms with Crippen LogP contribution in [0.15, 0.2) is 0 Å². The topological polar surface area (TPSA) is 97.0 Å². The Kier molecular flexibility index (Phi) is 8.33. The van der Waals surface area contributed by atoms with Crippen LogP contribution in [0.3, 0.4) is 0 Å². The summed E-state index contributed by atoms with van der Waals surface area (Å²) in [6.07, 6.45) is 1.52. The fraction of sp³-hybridized carbons (Fsp3) is 0.833. The smallest absolute Gasteiger partial charge is 0.408 e. The maximum Gasteiger partial charge on any atom is 0.408 e. The van der Waals surface area contributed by atoms with Crippen molar-refractivity contribution < 1.29 is 23.9 Å². The van der Waals surface area contributed by atoms with E-state index in [0.29, 0.717) is 12.8 Å². The highest BCUT2D eigenvalue weighted by atomic mass is 16.6. The first kappa shape index (κ1) is 22.2. The van der Waals surface area contributed by atoms with Crippen LogP contribution in [0.5, 0.6) is 0 Å². The average molecular weight is 371 g/mol. The van der Waals surface area contributed by atoms with Gasteiger partial charge in [-0.05, 0) is 53.5 Å².